The molecule has 0 heterocycles. The predicted molar refractivity (Wildman–Crippen MR) is 79.3 cm³/mol. The van der Waals surface area contributed by atoms with Crippen molar-refractivity contribution in [3.05, 3.63) is 58.6 Å². The lowest BCUT2D eigenvalue weighted by molar-refractivity contribution is 0.318. The van der Waals surface area contributed by atoms with E-state index in [9.17, 15) is 0 Å². The van der Waals surface area contributed by atoms with E-state index in [0.29, 0.717) is 10.6 Å². The minimum Gasteiger partial charge on any atom is -0.409 e. The van der Waals surface area contributed by atoms with Gasteiger partial charge in [0.2, 0.25) is 0 Å². The maximum Gasteiger partial charge on any atom is 0.170 e. The molecule has 0 aliphatic rings. The van der Waals surface area contributed by atoms with Gasteiger partial charge in [0, 0.05) is 15.4 Å². The maximum atomic E-state index is 8.63. The van der Waals surface area contributed by atoms with Crippen molar-refractivity contribution < 1.29 is 5.21 Å². The highest BCUT2D eigenvalue weighted by Crippen LogP contribution is 2.35. The average molecular weight is 293 g/mol. The third kappa shape index (κ3) is 3.22. The highest BCUT2D eigenvalue weighted by molar-refractivity contribution is 7.99. The largest absolute Gasteiger partial charge is 0.409 e. The van der Waals surface area contributed by atoms with Crippen LogP contribution in [0.5, 0.6) is 0 Å². The Hall–Kier alpha value is -1.65. The van der Waals surface area contributed by atoms with Crippen LogP contribution in [0.4, 0.5) is 0 Å². The topological polar surface area (TPSA) is 58.6 Å². The van der Waals surface area contributed by atoms with Gasteiger partial charge in [-0.3, -0.25) is 0 Å². The van der Waals surface area contributed by atoms with Crippen LogP contribution in [-0.4, -0.2) is 11.0 Å². The van der Waals surface area contributed by atoms with Crippen LogP contribution in [0.3, 0.4) is 0 Å². The Bertz CT molecular complexity index is 629. The molecule has 19 heavy (non-hydrogen) atoms. The highest BCUT2D eigenvalue weighted by Gasteiger charge is 2.07. The van der Waals surface area contributed by atoms with Crippen LogP contribution in [0.15, 0.2) is 57.4 Å². The van der Waals surface area contributed by atoms with Gasteiger partial charge in [0.15, 0.2) is 5.84 Å². The van der Waals surface area contributed by atoms with E-state index in [-0.39, 0.29) is 5.84 Å². The first kappa shape index (κ1) is 13.8. The zero-order chi connectivity index (χ0) is 13.8. The number of hydrogen-bond donors (Lipinski definition) is 2. The monoisotopic (exact) mass is 292 g/mol. The fourth-order valence-electron chi connectivity index (χ4n) is 1.59. The fraction of sp³-hybridized carbons (Fsp3) is 0.0714. The van der Waals surface area contributed by atoms with Gasteiger partial charge in [0.25, 0.3) is 0 Å². The summed E-state index contributed by atoms with van der Waals surface area (Å²) in [6, 6.07) is 13.4. The van der Waals surface area contributed by atoms with Crippen molar-refractivity contribution in [1.29, 1.82) is 0 Å². The van der Waals surface area contributed by atoms with E-state index in [2.05, 4.69) is 18.1 Å². The van der Waals surface area contributed by atoms with E-state index in [0.717, 1.165) is 9.79 Å². The minimum atomic E-state index is 0.0503. The number of aryl methyl sites for hydroxylation is 1. The van der Waals surface area contributed by atoms with Crippen molar-refractivity contribution in [2.24, 2.45) is 10.9 Å². The average Bonchev–Trinajstić information content (AvgIpc) is 2.42. The van der Waals surface area contributed by atoms with Crippen molar-refractivity contribution in [2.75, 3.05) is 0 Å². The molecular weight excluding hydrogens is 280 g/mol. The third-order valence-corrected chi connectivity index (χ3v) is 4.33. The molecule has 5 heteroatoms. The van der Waals surface area contributed by atoms with Crippen LogP contribution in [0.1, 0.15) is 11.1 Å². The zero-order valence-corrected chi connectivity index (χ0v) is 11.9. The number of nitrogens with zero attached hydrogens (tertiary/aromatic N) is 1. The number of amidine groups is 1. The quantitative estimate of drug-likeness (QED) is 0.390. The Kier molecular flexibility index (Phi) is 4.35. The van der Waals surface area contributed by atoms with Crippen molar-refractivity contribution in [3.8, 4) is 0 Å². The molecule has 3 N–H and O–H groups in total. The fourth-order valence-corrected chi connectivity index (χ4v) is 2.79. The van der Waals surface area contributed by atoms with Crippen LogP contribution < -0.4 is 5.73 Å². The Labute approximate surface area is 121 Å². The van der Waals surface area contributed by atoms with Gasteiger partial charge in [0.05, 0.1) is 5.02 Å². The summed E-state index contributed by atoms with van der Waals surface area (Å²) in [5, 5.41) is 12.2. The summed E-state index contributed by atoms with van der Waals surface area (Å²) in [7, 11) is 0. The third-order valence-electron chi connectivity index (χ3n) is 2.65. The molecule has 2 rings (SSSR count). The van der Waals surface area contributed by atoms with E-state index in [1.54, 1.807) is 23.9 Å². The normalized spacial score (nSPS) is 11.6. The second-order valence-corrected chi connectivity index (χ2v) is 5.49. The van der Waals surface area contributed by atoms with Gasteiger partial charge in [0.1, 0.15) is 0 Å². The minimum absolute atomic E-state index is 0.0503. The van der Waals surface area contributed by atoms with Crippen molar-refractivity contribution >= 4 is 29.2 Å². The lowest BCUT2D eigenvalue weighted by atomic mass is 10.2. The van der Waals surface area contributed by atoms with Crippen molar-refractivity contribution in [2.45, 2.75) is 16.7 Å². The first-order valence-electron chi connectivity index (χ1n) is 5.62. The SMILES string of the molecule is Cc1ccccc1Sc1ccc(C(N)=NO)cc1Cl. The lowest BCUT2D eigenvalue weighted by Crippen LogP contribution is -2.12. The van der Waals surface area contributed by atoms with Gasteiger partial charge in [-0.25, -0.2) is 0 Å². The van der Waals surface area contributed by atoms with Crippen molar-refractivity contribution in [3.63, 3.8) is 0 Å². The molecule has 3 nitrogen and oxygen atoms in total. The molecule has 0 saturated carbocycles. The molecule has 0 bridgehead atoms. The second kappa shape index (κ2) is 5.99. The second-order valence-electron chi connectivity index (χ2n) is 4.00. The molecule has 0 atom stereocenters. The van der Waals surface area contributed by atoms with Gasteiger partial charge < -0.3 is 10.9 Å². The van der Waals surface area contributed by atoms with E-state index in [4.69, 9.17) is 22.5 Å². The van der Waals surface area contributed by atoms with Crippen molar-refractivity contribution in [1.82, 2.24) is 0 Å². The molecule has 0 aliphatic carbocycles. The van der Waals surface area contributed by atoms with Crippen LogP contribution in [0, 0.1) is 6.92 Å². The molecule has 0 spiro atoms. The van der Waals surface area contributed by atoms with Gasteiger partial charge in [-0.15, -0.1) is 0 Å². The Morgan fingerprint density at radius 1 is 1.21 bits per heavy atom. The molecule has 0 aliphatic heterocycles. The van der Waals surface area contributed by atoms with E-state index in [1.807, 2.05) is 24.3 Å². The molecule has 0 saturated heterocycles. The number of rotatable bonds is 3. The van der Waals surface area contributed by atoms with E-state index < -0.39 is 0 Å². The number of nitrogens with two attached hydrogens (primary N) is 1. The van der Waals surface area contributed by atoms with Gasteiger partial charge in [-0.1, -0.05) is 46.7 Å². The molecule has 98 valence electrons. The summed E-state index contributed by atoms with van der Waals surface area (Å²) in [6.45, 7) is 2.06. The molecule has 0 amide bonds. The lowest BCUT2D eigenvalue weighted by Gasteiger charge is -2.08. The number of oxime groups is 1. The van der Waals surface area contributed by atoms with Gasteiger partial charge >= 0.3 is 0 Å². The number of hydrogen-bond acceptors (Lipinski definition) is 3. The first-order valence-corrected chi connectivity index (χ1v) is 6.82. The number of halogens is 1. The summed E-state index contributed by atoms with van der Waals surface area (Å²) < 4.78 is 0. The van der Waals surface area contributed by atoms with Crippen LogP contribution in [-0.2, 0) is 0 Å². The van der Waals surface area contributed by atoms with E-state index in [1.165, 1.54) is 5.56 Å². The van der Waals surface area contributed by atoms with Crippen LogP contribution in [0.25, 0.3) is 0 Å². The molecule has 2 aromatic rings. The molecule has 0 aromatic heterocycles. The predicted octanol–water partition coefficient (Wildman–Crippen LogP) is 3.89. The smallest absolute Gasteiger partial charge is 0.170 e. The van der Waals surface area contributed by atoms with Crippen LogP contribution in [0.2, 0.25) is 5.02 Å². The molecule has 0 fully saturated rings. The maximum absolute atomic E-state index is 8.63. The summed E-state index contributed by atoms with van der Waals surface area (Å²) in [6.07, 6.45) is 0. The molecular formula is C14H13ClN2OS. The molecule has 0 unspecified atom stereocenters. The number of benzene rings is 2. The Morgan fingerprint density at radius 3 is 2.58 bits per heavy atom. The first-order chi connectivity index (χ1) is 9.11. The van der Waals surface area contributed by atoms with Gasteiger partial charge in [-0.2, -0.15) is 0 Å². The zero-order valence-electron chi connectivity index (χ0n) is 10.3. The summed E-state index contributed by atoms with van der Waals surface area (Å²) in [4.78, 5) is 2.09. The Morgan fingerprint density at radius 2 is 1.95 bits per heavy atom. The summed E-state index contributed by atoms with van der Waals surface area (Å²) in [5.41, 5.74) is 7.32. The highest BCUT2D eigenvalue weighted by atomic mass is 35.5. The van der Waals surface area contributed by atoms with Crippen LogP contribution >= 0.6 is 23.4 Å². The Balaban J connectivity index is 2.30. The van der Waals surface area contributed by atoms with E-state index >= 15 is 0 Å². The standard InChI is InChI=1S/C14H13ClN2OS/c1-9-4-2-3-5-12(9)19-13-7-6-10(8-11(13)15)14(16)17-18/h2-8,18H,1H3,(H2,16,17). The summed E-state index contributed by atoms with van der Waals surface area (Å²) in [5.74, 6) is 0.0503. The molecule has 0 radical (unpaired) electrons. The molecule has 2 aromatic carbocycles. The van der Waals surface area contributed by atoms with Gasteiger partial charge in [-0.05, 0) is 36.8 Å². The summed E-state index contributed by atoms with van der Waals surface area (Å²) >= 11 is 7.81.